The van der Waals surface area contributed by atoms with Gasteiger partial charge < -0.3 is 4.42 Å². The van der Waals surface area contributed by atoms with E-state index in [2.05, 4.69) is 4.98 Å². The molecule has 0 saturated heterocycles. The Bertz CT molecular complexity index is 743. The maximum absolute atomic E-state index is 13.5. The highest BCUT2D eigenvalue weighted by atomic mass is 19.4. The minimum atomic E-state index is -4.72. The molecular formula is C14H7F4NO. The van der Waals surface area contributed by atoms with Crippen molar-refractivity contribution in [3.05, 3.63) is 53.8 Å². The van der Waals surface area contributed by atoms with Crippen molar-refractivity contribution in [2.45, 2.75) is 6.18 Å². The van der Waals surface area contributed by atoms with Crippen molar-refractivity contribution in [3.63, 3.8) is 0 Å². The molecule has 0 bridgehead atoms. The first-order chi connectivity index (χ1) is 9.45. The molecule has 0 aliphatic rings. The van der Waals surface area contributed by atoms with Gasteiger partial charge in [-0.05, 0) is 30.3 Å². The zero-order valence-electron chi connectivity index (χ0n) is 9.91. The lowest BCUT2D eigenvalue weighted by atomic mass is 10.1. The summed E-state index contributed by atoms with van der Waals surface area (Å²) in [4.78, 5) is 4.10. The summed E-state index contributed by atoms with van der Waals surface area (Å²) in [7, 11) is 0. The Morgan fingerprint density at radius 2 is 1.75 bits per heavy atom. The van der Waals surface area contributed by atoms with Crippen molar-refractivity contribution in [2.24, 2.45) is 0 Å². The van der Waals surface area contributed by atoms with E-state index in [1.54, 1.807) is 24.3 Å². The molecule has 1 aromatic heterocycles. The summed E-state index contributed by atoms with van der Waals surface area (Å²) in [5.74, 6) is -1.27. The fourth-order valence-electron chi connectivity index (χ4n) is 1.87. The van der Waals surface area contributed by atoms with E-state index in [0.717, 1.165) is 12.1 Å². The molecule has 0 unspecified atom stereocenters. The van der Waals surface area contributed by atoms with Gasteiger partial charge in [-0.15, -0.1) is 0 Å². The number of oxazole rings is 1. The largest absolute Gasteiger partial charge is 0.436 e. The topological polar surface area (TPSA) is 26.0 Å². The summed E-state index contributed by atoms with van der Waals surface area (Å²) in [5, 5.41) is 0. The smallest absolute Gasteiger partial charge is 0.419 e. The minimum absolute atomic E-state index is 0.0822. The number of hydrogen-bond donors (Lipinski definition) is 0. The van der Waals surface area contributed by atoms with Gasteiger partial charge in [-0.25, -0.2) is 9.37 Å². The van der Waals surface area contributed by atoms with Crippen LogP contribution < -0.4 is 0 Å². The minimum Gasteiger partial charge on any atom is -0.436 e. The van der Waals surface area contributed by atoms with Gasteiger partial charge >= 0.3 is 6.18 Å². The average molecular weight is 281 g/mol. The normalized spacial score (nSPS) is 12.0. The van der Waals surface area contributed by atoms with E-state index in [1.807, 2.05) is 0 Å². The summed E-state index contributed by atoms with van der Waals surface area (Å²) < 4.78 is 56.3. The number of halogens is 4. The van der Waals surface area contributed by atoms with Crippen molar-refractivity contribution in [1.82, 2.24) is 4.98 Å². The molecule has 102 valence electrons. The SMILES string of the molecule is Fc1cc(-c2nc3ccccc3o2)ccc1C(F)(F)F. The van der Waals surface area contributed by atoms with Crippen LogP contribution in [0.4, 0.5) is 17.6 Å². The summed E-state index contributed by atoms with van der Waals surface area (Å²) in [6, 6.07) is 9.45. The first-order valence-corrected chi connectivity index (χ1v) is 5.68. The second-order valence-corrected chi connectivity index (χ2v) is 4.18. The van der Waals surface area contributed by atoms with E-state index in [-0.39, 0.29) is 11.5 Å². The molecule has 6 heteroatoms. The van der Waals surface area contributed by atoms with Crippen LogP contribution in [0, 0.1) is 5.82 Å². The predicted molar refractivity (Wildman–Crippen MR) is 64.4 cm³/mol. The third kappa shape index (κ3) is 2.13. The lowest BCUT2D eigenvalue weighted by Crippen LogP contribution is -2.07. The van der Waals surface area contributed by atoms with Crippen LogP contribution in [0.15, 0.2) is 46.9 Å². The Labute approximate surface area is 110 Å². The van der Waals surface area contributed by atoms with Crippen LogP contribution in [0.5, 0.6) is 0 Å². The summed E-state index contributed by atoms with van der Waals surface area (Å²) in [5.41, 5.74) is -0.102. The number of benzene rings is 2. The van der Waals surface area contributed by atoms with Crippen LogP contribution in [0.2, 0.25) is 0 Å². The Kier molecular flexibility index (Phi) is 2.74. The Morgan fingerprint density at radius 1 is 1.00 bits per heavy atom. The lowest BCUT2D eigenvalue weighted by Gasteiger charge is -2.07. The molecule has 2 nitrogen and oxygen atoms in total. The van der Waals surface area contributed by atoms with E-state index in [0.29, 0.717) is 17.2 Å². The van der Waals surface area contributed by atoms with Gasteiger partial charge in [-0.1, -0.05) is 12.1 Å². The fraction of sp³-hybridized carbons (Fsp3) is 0.0714. The molecule has 3 aromatic rings. The van der Waals surface area contributed by atoms with Crippen LogP contribution in [0.1, 0.15) is 5.56 Å². The third-order valence-electron chi connectivity index (χ3n) is 2.82. The van der Waals surface area contributed by atoms with Crippen molar-refractivity contribution in [1.29, 1.82) is 0 Å². The number of aromatic nitrogens is 1. The number of para-hydroxylation sites is 2. The van der Waals surface area contributed by atoms with Gasteiger partial charge in [0.15, 0.2) is 5.58 Å². The Hall–Kier alpha value is -2.37. The molecule has 20 heavy (non-hydrogen) atoms. The molecule has 2 aromatic carbocycles. The average Bonchev–Trinajstić information content (AvgIpc) is 2.80. The van der Waals surface area contributed by atoms with E-state index >= 15 is 0 Å². The van der Waals surface area contributed by atoms with E-state index in [4.69, 9.17) is 4.42 Å². The highest BCUT2D eigenvalue weighted by Gasteiger charge is 2.34. The zero-order chi connectivity index (χ0) is 14.3. The molecule has 0 saturated carbocycles. The molecule has 0 atom stereocenters. The maximum Gasteiger partial charge on any atom is 0.419 e. The first kappa shape index (κ1) is 12.7. The first-order valence-electron chi connectivity index (χ1n) is 5.68. The highest BCUT2D eigenvalue weighted by molar-refractivity contribution is 5.76. The standard InChI is InChI=1S/C14H7F4NO/c15-10-7-8(5-6-9(10)14(16,17)18)13-19-11-3-1-2-4-12(11)20-13/h1-7H. The van der Waals surface area contributed by atoms with Crippen molar-refractivity contribution in [3.8, 4) is 11.5 Å². The van der Waals surface area contributed by atoms with Gasteiger partial charge in [-0.2, -0.15) is 13.2 Å². The van der Waals surface area contributed by atoms with Crippen LogP contribution in [-0.4, -0.2) is 4.98 Å². The van der Waals surface area contributed by atoms with Crippen LogP contribution >= 0.6 is 0 Å². The molecule has 0 aliphatic heterocycles. The zero-order valence-corrected chi connectivity index (χ0v) is 9.91. The van der Waals surface area contributed by atoms with Crippen LogP contribution in [0.25, 0.3) is 22.6 Å². The lowest BCUT2D eigenvalue weighted by molar-refractivity contribution is -0.139. The highest BCUT2D eigenvalue weighted by Crippen LogP contribution is 2.33. The number of hydrogen-bond acceptors (Lipinski definition) is 2. The molecule has 0 fully saturated rings. The number of nitrogens with zero attached hydrogens (tertiary/aromatic N) is 1. The van der Waals surface area contributed by atoms with Gasteiger partial charge in [0.05, 0.1) is 5.56 Å². The van der Waals surface area contributed by atoms with Crippen molar-refractivity contribution in [2.75, 3.05) is 0 Å². The third-order valence-corrected chi connectivity index (χ3v) is 2.82. The Morgan fingerprint density at radius 3 is 2.40 bits per heavy atom. The Balaban J connectivity index is 2.08. The van der Waals surface area contributed by atoms with Gasteiger partial charge in [0.2, 0.25) is 5.89 Å². The summed E-state index contributed by atoms with van der Waals surface area (Å²) >= 11 is 0. The van der Waals surface area contributed by atoms with E-state index in [9.17, 15) is 17.6 Å². The molecule has 0 radical (unpaired) electrons. The fourth-order valence-corrected chi connectivity index (χ4v) is 1.87. The quantitative estimate of drug-likeness (QED) is 0.607. The second kappa shape index (κ2) is 4.33. The summed E-state index contributed by atoms with van der Waals surface area (Å²) in [6.45, 7) is 0. The van der Waals surface area contributed by atoms with E-state index in [1.165, 1.54) is 0 Å². The van der Waals surface area contributed by atoms with Crippen LogP contribution in [-0.2, 0) is 6.18 Å². The van der Waals surface area contributed by atoms with Crippen molar-refractivity contribution < 1.29 is 22.0 Å². The molecule has 3 rings (SSSR count). The van der Waals surface area contributed by atoms with Crippen molar-refractivity contribution >= 4 is 11.1 Å². The number of rotatable bonds is 1. The summed E-state index contributed by atoms with van der Waals surface area (Å²) in [6.07, 6.45) is -4.72. The monoisotopic (exact) mass is 281 g/mol. The maximum atomic E-state index is 13.5. The predicted octanol–water partition coefficient (Wildman–Crippen LogP) is 4.65. The molecule has 0 aliphatic carbocycles. The molecule has 0 spiro atoms. The number of fused-ring (bicyclic) bond motifs is 1. The molecule has 1 heterocycles. The van der Waals surface area contributed by atoms with Gasteiger partial charge in [0, 0.05) is 5.56 Å². The molecule has 0 amide bonds. The number of alkyl halides is 3. The van der Waals surface area contributed by atoms with Gasteiger partial charge in [0.25, 0.3) is 0 Å². The molecular weight excluding hydrogens is 274 g/mol. The van der Waals surface area contributed by atoms with Crippen LogP contribution in [0.3, 0.4) is 0 Å². The molecule has 0 N–H and O–H groups in total. The van der Waals surface area contributed by atoms with Gasteiger partial charge in [-0.3, -0.25) is 0 Å². The van der Waals surface area contributed by atoms with Gasteiger partial charge in [0.1, 0.15) is 11.3 Å². The van der Waals surface area contributed by atoms with E-state index < -0.39 is 17.6 Å². The second-order valence-electron chi connectivity index (χ2n) is 4.18.